The van der Waals surface area contributed by atoms with Gasteiger partial charge in [-0.2, -0.15) is 0 Å². The molecule has 0 bridgehead atoms. The van der Waals surface area contributed by atoms with E-state index < -0.39 is 11.9 Å². The molecule has 6 nitrogen and oxygen atoms in total. The third-order valence-corrected chi connectivity index (χ3v) is 3.62. The number of benzene rings is 1. The predicted molar refractivity (Wildman–Crippen MR) is 85.7 cm³/mol. The Balaban J connectivity index is 2.32. The summed E-state index contributed by atoms with van der Waals surface area (Å²) in [7, 11) is 0. The molecule has 2 rings (SSSR count). The summed E-state index contributed by atoms with van der Waals surface area (Å²) in [5.41, 5.74) is 0.790. The Morgan fingerprint density at radius 1 is 1.30 bits per heavy atom. The largest absolute Gasteiger partial charge is 0.465 e. The number of aryl methyl sites for hydroxylation is 1. The average molecular weight is 357 g/mol. The molecule has 1 aromatic heterocycles. The van der Waals surface area contributed by atoms with Gasteiger partial charge in [0.05, 0.1) is 16.7 Å². The Hall–Kier alpha value is -2.05. The van der Waals surface area contributed by atoms with Crippen LogP contribution in [0.15, 0.2) is 22.7 Å². The van der Waals surface area contributed by atoms with Gasteiger partial charge in [0.2, 0.25) is 0 Å². The Morgan fingerprint density at radius 3 is 2.57 bits per heavy atom. The SMILES string of the molecule is CCOC(=O)CNC(=O)c1c(-c2c(Cl)cccc2Cl)noc1C. The van der Waals surface area contributed by atoms with Crippen LogP contribution in [0.25, 0.3) is 11.3 Å². The zero-order valence-electron chi connectivity index (χ0n) is 12.5. The maximum Gasteiger partial charge on any atom is 0.325 e. The lowest BCUT2D eigenvalue weighted by Gasteiger charge is -2.07. The van der Waals surface area contributed by atoms with Gasteiger partial charge in [-0.3, -0.25) is 9.59 Å². The van der Waals surface area contributed by atoms with E-state index in [1.807, 2.05) is 0 Å². The lowest BCUT2D eigenvalue weighted by Crippen LogP contribution is -2.31. The van der Waals surface area contributed by atoms with Crippen LogP contribution in [-0.2, 0) is 9.53 Å². The smallest absolute Gasteiger partial charge is 0.325 e. The molecule has 122 valence electrons. The quantitative estimate of drug-likeness (QED) is 0.831. The maximum absolute atomic E-state index is 12.3. The van der Waals surface area contributed by atoms with Gasteiger partial charge in [0.1, 0.15) is 23.6 Å². The normalized spacial score (nSPS) is 10.4. The summed E-state index contributed by atoms with van der Waals surface area (Å²) in [6, 6.07) is 4.95. The first kappa shape index (κ1) is 17.3. The first-order valence-electron chi connectivity index (χ1n) is 6.80. The maximum atomic E-state index is 12.3. The summed E-state index contributed by atoms with van der Waals surface area (Å²) in [4.78, 5) is 23.7. The number of hydrogen-bond donors (Lipinski definition) is 1. The molecule has 0 fully saturated rings. The van der Waals surface area contributed by atoms with E-state index in [9.17, 15) is 9.59 Å². The van der Waals surface area contributed by atoms with Gasteiger partial charge in [-0.1, -0.05) is 34.4 Å². The third kappa shape index (κ3) is 3.83. The highest BCUT2D eigenvalue weighted by Crippen LogP contribution is 2.36. The summed E-state index contributed by atoms with van der Waals surface area (Å²) in [6.45, 7) is 3.25. The fourth-order valence-electron chi connectivity index (χ4n) is 1.99. The van der Waals surface area contributed by atoms with Crippen molar-refractivity contribution in [3.63, 3.8) is 0 Å². The summed E-state index contributed by atoms with van der Waals surface area (Å²) >= 11 is 12.3. The van der Waals surface area contributed by atoms with Crippen LogP contribution in [0.3, 0.4) is 0 Å². The van der Waals surface area contributed by atoms with Gasteiger partial charge in [-0.05, 0) is 26.0 Å². The number of amides is 1. The highest BCUT2D eigenvalue weighted by Gasteiger charge is 2.25. The minimum Gasteiger partial charge on any atom is -0.465 e. The number of halogens is 2. The molecule has 1 N–H and O–H groups in total. The molecular formula is C15H14Cl2N2O4. The molecule has 0 unspecified atom stereocenters. The minimum atomic E-state index is -0.535. The number of ether oxygens (including phenoxy) is 1. The van der Waals surface area contributed by atoms with Crippen LogP contribution in [-0.4, -0.2) is 30.2 Å². The van der Waals surface area contributed by atoms with Crippen LogP contribution in [0.4, 0.5) is 0 Å². The molecule has 2 aromatic rings. The summed E-state index contributed by atoms with van der Waals surface area (Å²) in [5.74, 6) is -0.771. The zero-order valence-corrected chi connectivity index (χ0v) is 14.0. The van der Waals surface area contributed by atoms with Gasteiger partial charge in [0.25, 0.3) is 5.91 Å². The van der Waals surface area contributed by atoms with Crippen LogP contribution < -0.4 is 5.32 Å². The molecule has 0 saturated heterocycles. The number of aromatic nitrogens is 1. The molecule has 0 aliphatic carbocycles. The Labute approximate surface area is 142 Å². The van der Waals surface area contributed by atoms with E-state index in [2.05, 4.69) is 10.5 Å². The minimum absolute atomic E-state index is 0.171. The molecular weight excluding hydrogens is 343 g/mol. The van der Waals surface area contributed by atoms with Gasteiger partial charge < -0.3 is 14.6 Å². The van der Waals surface area contributed by atoms with Crippen molar-refractivity contribution in [3.05, 3.63) is 39.6 Å². The first-order valence-corrected chi connectivity index (χ1v) is 7.55. The number of nitrogens with zero attached hydrogens (tertiary/aromatic N) is 1. The van der Waals surface area contributed by atoms with Crippen molar-refractivity contribution in [2.24, 2.45) is 0 Å². The van der Waals surface area contributed by atoms with Gasteiger partial charge >= 0.3 is 5.97 Å². The van der Waals surface area contributed by atoms with E-state index in [0.29, 0.717) is 15.6 Å². The van der Waals surface area contributed by atoms with Crippen molar-refractivity contribution in [2.75, 3.05) is 13.2 Å². The van der Waals surface area contributed by atoms with E-state index in [4.69, 9.17) is 32.5 Å². The third-order valence-electron chi connectivity index (χ3n) is 2.99. The van der Waals surface area contributed by atoms with Crippen LogP contribution in [0.2, 0.25) is 10.0 Å². The van der Waals surface area contributed by atoms with Crippen molar-refractivity contribution < 1.29 is 18.8 Å². The molecule has 0 aliphatic heterocycles. The number of hydrogen-bond acceptors (Lipinski definition) is 5. The van der Waals surface area contributed by atoms with Crippen molar-refractivity contribution >= 4 is 35.1 Å². The fourth-order valence-corrected chi connectivity index (χ4v) is 2.56. The van der Waals surface area contributed by atoms with Crippen LogP contribution in [0, 0.1) is 6.92 Å². The van der Waals surface area contributed by atoms with Crippen molar-refractivity contribution in [3.8, 4) is 11.3 Å². The molecule has 23 heavy (non-hydrogen) atoms. The fraction of sp³-hybridized carbons (Fsp3) is 0.267. The van der Waals surface area contributed by atoms with Crippen LogP contribution in [0.5, 0.6) is 0 Å². The summed E-state index contributed by atoms with van der Waals surface area (Å²) < 4.78 is 9.85. The van der Waals surface area contributed by atoms with Crippen molar-refractivity contribution in [2.45, 2.75) is 13.8 Å². The second kappa shape index (κ2) is 7.48. The second-order valence-electron chi connectivity index (χ2n) is 4.55. The predicted octanol–water partition coefficient (Wildman–Crippen LogP) is 3.25. The molecule has 0 aliphatic rings. The van der Waals surface area contributed by atoms with Gasteiger partial charge in [0.15, 0.2) is 0 Å². The molecule has 0 spiro atoms. The van der Waals surface area contributed by atoms with E-state index >= 15 is 0 Å². The molecule has 1 heterocycles. The standard InChI is InChI=1S/C15H14Cl2N2O4/c1-3-22-11(20)7-18-15(21)12-8(2)23-19-14(12)13-9(16)5-4-6-10(13)17/h4-6H,3,7H2,1-2H3,(H,18,21). The zero-order chi connectivity index (χ0) is 17.0. The summed E-state index contributed by atoms with van der Waals surface area (Å²) in [5, 5.41) is 7.01. The Kier molecular flexibility index (Phi) is 5.63. The van der Waals surface area contributed by atoms with E-state index in [1.165, 1.54) is 0 Å². The van der Waals surface area contributed by atoms with Crippen molar-refractivity contribution in [1.29, 1.82) is 0 Å². The van der Waals surface area contributed by atoms with Crippen LogP contribution >= 0.6 is 23.2 Å². The molecule has 0 radical (unpaired) electrons. The van der Waals surface area contributed by atoms with Gasteiger partial charge in [-0.25, -0.2) is 0 Å². The molecule has 0 atom stereocenters. The number of carbonyl (C=O) groups excluding carboxylic acids is 2. The topological polar surface area (TPSA) is 81.4 Å². The summed E-state index contributed by atoms with van der Waals surface area (Å²) in [6.07, 6.45) is 0. The van der Waals surface area contributed by atoms with Crippen LogP contribution in [0.1, 0.15) is 23.0 Å². The molecule has 1 amide bonds. The monoisotopic (exact) mass is 356 g/mol. The van der Waals surface area contributed by atoms with E-state index in [1.54, 1.807) is 32.0 Å². The van der Waals surface area contributed by atoms with Crippen molar-refractivity contribution in [1.82, 2.24) is 10.5 Å². The molecule has 1 aromatic carbocycles. The number of nitrogens with one attached hydrogen (secondary N) is 1. The lowest BCUT2D eigenvalue weighted by molar-refractivity contribution is -0.141. The average Bonchev–Trinajstić information content (AvgIpc) is 2.87. The Morgan fingerprint density at radius 2 is 1.96 bits per heavy atom. The van der Waals surface area contributed by atoms with E-state index in [-0.39, 0.29) is 30.2 Å². The van der Waals surface area contributed by atoms with E-state index in [0.717, 1.165) is 0 Å². The molecule has 0 saturated carbocycles. The highest BCUT2D eigenvalue weighted by atomic mass is 35.5. The number of esters is 1. The van der Waals surface area contributed by atoms with Gasteiger partial charge in [0, 0.05) is 5.56 Å². The number of rotatable bonds is 5. The second-order valence-corrected chi connectivity index (χ2v) is 5.36. The number of carbonyl (C=O) groups is 2. The molecule has 8 heteroatoms. The first-order chi connectivity index (χ1) is 11.0. The highest BCUT2D eigenvalue weighted by molar-refractivity contribution is 6.39. The van der Waals surface area contributed by atoms with Gasteiger partial charge in [-0.15, -0.1) is 0 Å². The lowest BCUT2D eigenvalue weighted by atomic mass is 10.1. The Bertz CT molecular complexity index is 723.